The van der Waals surface area contributed by atoms with E-state index in [-0.39, 0.29) is 11.8 Å². The van der Waals surface area contributed by atoms with Crippen LogP contribution in [0.15, 0.2) is 48.5 Å². The molecule has 1 aliphatic rings. The molecule has 2 aromatic carbocycles. The highest BCUT2D eigenvalue weighted by atomic mass is 28.3. The predicted molar refractivity (Wildman–Crippen MR) is 100 cm³/mol. The first kappa shape index (κ1) is 16.4. The largest absolute Gasteiger partial charge is 0.395 e. The summed E-state index contributed by atoms with van der Waals surface area (Å²) in [6, 6.07) is 18.0. The van der Waals surface area contributed by atoms with Gasteiger partial charge in [-0.25, -0.2) is 0 Å². The average Bonchev–Trinajstić information content (AvgIpc) is 2.53. The van der Waals surface area contributed by atoms with E-state index in [9.17, 15) is 5.11 Å². The van der Waals surface area contributed by atoms with E-state index in [0.717, 1.165) is 13.1 Å². The van der Waals surface area contributed by atoms with Gasteiger partial charge < -0.3 is 5.11 Å². The van der Waals surface area contributed by atoms with Gasteiger partial charge in [-0.3, -0.25) is 4.90 Å². The standard InChI is InChI=1S/C20H27NOSi/c1-16-9-11-18(12-10-16)23(4)19-8-6-5-7-17(19)15-21(13-14-22)20(23,2)3/h5-12,22H,13-15H2,1-4H3. The van der Waals surface area contributed by atoms with E-state index in [1.54, 1.807) is 5.19 Å². The molecule has 0 fully saturated rings. The topological polar surface area (TPSA) is 23.5 Å². The number of benzene rings is 2. The van der Waals surface area contributed by atoms with Crippen molar-refractivity contribution < 1.29 is 5.11 Å². The van der Waals surface area contributed by atoms with Crippen molar-refractivity contribution in [2.24, 2.45) is 0 Å². The maximum Gasteiger partial charge on any atom is 0.135 e. The molecule has 0 aromatic heterocycles. The lowest BCUT2D eigenvalue weighted by Crippen LogP contribution is -2.78. The first-order chi connectivity index (χ1) is 10.9. The van der Waals surface area contributed by atoms with Crippen LogP contribution in [-0.2, 0) is 6.54 Å². The summed E-state index contributed by atoms with van der Waals surface area (Å²) in [6.07, 6.45) is 0. The molecule has 3 rings (SSSR count). The van der Waals surface area contributed by atoms with Crippen molar-refractivity contribution in [2.75, 3.05) is 13.2 Å². The zero-order valence-corrected chi connectivity index (χ0v) is 15.6. The van der Waals surface area contributed by atoms with Crippen LogP contribution in [0.1, 0.15) is 25.0 Å². The summed E-state index contributed by atoms with van der Waals surface area (Å²) < 4.78 is 0. The Morgan fingerprint density at radius 1 is 1.09 bits per heavy atom. The van der Waals surface area contributed by atoms with E-state index >= 15 is 0 Å². The molecule has 0 amide bonds. The highest BCUT2D eigenvalue weighted by Crippen LogP contribution is 2.33. The summed E-state index contributed by atoms with van der Waals surface area (Å²) in [6.45, 7) is 11.2. The van der Waals surface area contributed by atoms with Gasteiger partial charge in [-0.2, -0.15) is 0 Å². The van der Waals surface area contributed by atoms with Crippen LogP contribution in [0.5, 0.6) is 0 Å². The Labute approximate surface area is 140 Å². The van der Waals surface area contributed by atoms with Crippen LogP contribution in [0, 0.1) is 6.92 Å². The molecule has 0 bridgehead atoms. The Hall–Kier alpha value is -1.42. The molecule has 1 heterocycles. The third kappa shape index (κ3) is 2.47. The zero-order valence-electron chi connectivity index (χ0n) is 14.6. The van der Waals surface area contributed by atoms with Gasteiger partial charge in [-0.05, 0) is 31.5 Å². The molecular weight excluding hydrogens is 298 g/mol. The maximum atomic E-state index is 9.55. The number of aliphatic hydroxyl groups excluding tert-OH is 1. The minimum Gasteiger partial charge on any atom is -0.395 e. The van der Waals surface area contributed by atoms with Crippen LogP contribution >= 0.6 is 0 Å². The van der Waals surface area contributed by atoms with Crippen molar-refractivity contribution >= 4 is 18.4 Å². The number of hydrogen-bond donors (Lipinski definition) is 1. The second-order valence-electron chi connectivity index (χ2n) is 7.35. The molecule has 1 unspecified atom stereocenters. The Bertz CT molecular complexity index is 695. The van der Waals surface area contributed by atoms with Crippen molar-refractivity contribution in [2.45, 2.75) is 39.0 Å². The smallest absolute Gasteiger partial charge is 0.135 e. The fourth-order valence-electron chi connectivity index (χ4n) is 4.07. The van der Waals surface area contributed by atoms with Gasteiger partial charge in [-0.1, -0.05) is 65.8 Å². The van der Waals surface area contributed by atoms with Crippen LogP contribution in [0.3, 0.4) is 0 Å². The van der Waals surface area contributed by atoms with Crippen molar-refractivity contribution in [1.29, 1.82) is 0 Å². The van der Waals surface area contributed by atoms with Crippen LogP contribution in [0.2, 0.25) is 6.55 Å². The molecule has 1 aliphatic heterocycles. The summed E-state index contributed by atoms with van der Waals surface area (Å²) in [5.74, 6) is 0. The number of hydrogen-bond acceptors (Lipinski definition) is 2. The zero-order chi connectivity index (χ0) is 16.7. The van der Waals surface area contributed by atoms with E-state index in [1.165, 1.54) is 16.3 Å². The predicted octanol–water partition coefficient (Wildman–Crippen LogP) is 2.31. The lowest BCUT2D eigenvalue weighted by atomic mass is 10.1. The fraction of sp³-hybridized carbons (Fsp3) is 0.400. The lowest BCUT2D eigenvalue weighted by Gasteiger charge is -2.54. The Kier molecular flexibility index (Phi) is 4.21. The summed E-state index contributed by atoms with van der Waals surface area (Å²) in [7, 11) is -1.97. The van der Waals surface area contributed by atoms with E-state index in [0.29, 0.717) is 0 Å². The summed E-state index contributed by atoms with van der Waals surface area (Å²) >= 11 is 0. The van der Waals surface area contributed by atoms with Crippen molar-refractivity contribution in [3.8, 4) is 0 Å². The Balaban J connectivity index is 2.23. The SMILES string of the molecule is Cc1ccc([Si]2(C)c3ccccc3CN(CCO)C2(C)C)cc1. The second-order valence-corrected chi connectivity index (χ2v) is 11.9. The Morgan fingerprint density at radius 2 is 1.74 bits per heavy atom. The van der Waals surface area contributed by atoms with Crippen LogP contribution in [0.25, 0.3) is 0 Å². The number of rotatable bonds is 3. The molecule has 0 saturated heterocycles. The van der Waals surface area contributed by atoms with Gasteiger partial charge in [0.25, 0.3) is 0 Å². The minimum absolute atomic E-state index is 0.0549. The molecule has 1 N–H and O–H groups in total. The van der Waals surface area contributed by atoms with E-state index in [1.807, 2.05) is 0 Å². The number of fused-ring (bicyclic) bond motifs is 1. The van der Waals surface area contributed by atoms with Gasteiger partial charge in [0.1, 0.15) is 8.07 Å². The summed E-state index contributed by atoms with van der Waals surface area (Å²) in [5.41, 5.74) is 2.73. The molecule has 2 aromatic rings. The molecule has 0 radical (unpaired) electrons. The molecular formula is C20H27NOSi. The minimum atomic E-state index is -1.97. The van der Waals surface area contributed by atoms with Crippen molar-refractivity contribution in [3.05, 3.63) is 59.7 Å². The van der Waals surface area contributed by atoms with Crippen LogP contribution in [-0.4, -0.2) is 36.4 Å². The maximum absolute atomic E-state index is 9.55. The molecule has 2 nitrogen and oxygen atoms in total. The molecule has 1 atom stereocenters. The first-order valence-corrected chi connectivity index (χ1v) is 10.9. The first-order valence-electron chi connectivity index (χ1n) is 8.42. The van der Waals surface area contributed by atoms with Gasteiger partial charge in [0.05, 0.1) is 6.61 Å². The Morgan fingerprint density at radius 3 is 2.39 bits per heavy atom. The summed E-state index contributed by atoms with van der Waals surface area (Å²) in [5, 5.41) is 12.6. The molecule has 0 saturated carbocycles. The van der Waals surface area contributed by atoms with Gasteiger partial charge in [0, 0.05) is 18.3 Å². The fourth-order valence-corrected chi connectivity index (χ4v) is 8.64. The van der Waals surface area contributed by atoms with Crippen molar-refractivity contribution in [1.82, 2.24) is 4.90 Å². The van der Waals surface area contributed by atoms with Crippen molar-refractivity contribution in [3.63, 3.8) is 0 Å². The monoisotopic (exact) mass is 325 g/mol. The van der Waals surface area contributed by atoms with Crippen LogP contribution in [0.4, 0.5) is 0 Å². The second kappa shape index (κ2) is 5.89. The normalized spacial score (nSPS) is 23.5. The third-order valence-electron chi connectivity index (χ3n) is 5.93. The quantitative estimate of drug-likeness (QED) is 0.876. The molecule has 0 spiro atoms. The molecule has 3 heteroatoms. The molecule has 122 valence electrons. The van der Waals surface area contributed by atoms with Gasteiger partial charge in [0.15, 0.2) is 0 Å². The number of aliphatic hydroxyl groups is 1. The third-order valence-corrected chi connectivity index (χ3v) is 11.7. The van der Waals surface area contributed by atoms with E-state index in [2.05, 4.69) is 80.7 Å². The van der Waals surface area contributed by atoms with Gasteiger partial charge in [0.2, 0.25) is 0 Å². The number of aryl methyl sites for hydroxylation is 1. The highest BCUT2D eigenvalue weighted by molar-refractivity contribution is 7.04. The van der Waals surface area contributed by atoms with E-state index in [4.69, 9.17) is 0 Å². The highest BCUT2D eigenvalue weighted by Gasteiger charge is 2.52. The summed E-state index contributed by atoms with van der Waals surface area (Å²) in [4.78, 5) is 2.47. The average molecular weight is 326 g/mol. The van der Waals surface area contributed by atoms with E-state index < -0.39 is 8.07 Å². The number of β-amino-alcohol motifs (C(OH)–C–C–N with tert-alkyl or cyclic N) is 1. The van der Waals surface area contributed by atoms with Crippen LogP contribution < -0.4 is 10.4 Å². The van der Waals surface area contributed by atoms with Gasteiger partial charge >= 0.3 is 0 Å². The lowest BCUT2D eigenvalue weighted by molar-refractivity contribution is 0.129. The number of nitrogens with zero attached hydrogens (tertiary/aromatic N) is 1. The molecule has 0 aliphatic carbocycles. The molecule has 23 heavy (non-hydrogen) atoms. The van der Waals surface area contributed by atoms with Gasteiger partial charge in [-0.15, -0.1) is 0 Å².